The highest BCUT2D eigenvalue weighted by molar-refractivity contribution is 7.92. The first kappa shape index (κ1) is 37.5. The fourth-order valence-electron chi connectivity index (χ4n) is 6.37. The van der Waals surface area contributed by atoms with Gasteiger partial charge >= 0.3 is 5.91 Å². The van der Waals surface area contributed by atoms with Gasteiger partial charge in [0, 0.05) is 29.2 Å². The molecule has 1 aromatic heterocycles. The molecule has 4 rings (SSSR count). The zero-order valence-corrected chi connectivity index (χ0v) is 30.1. The fraction of sp³-hybridized carbons (Fsp3) is 0.395. The number of hydrogen-bond donors (Lipinski definition) is 2. The van der Waals surface area contributed by atoms with Crippen molar-refractivity contribution in [3.63, 3.8) is 0 Å². The second-order valence-electron chi connectivity index (χ2n) is 13.0. The molecule has 0 radical (unpaired) electrons. The van der Waals surface area contributed by atoms with Gasteiger partial charge in [-0.15, -0.1) is 0 Å². The van der Waals surface area contributed by atoms with Gasteiger partial charge in [-0.1, -0.05) is 93.9 Å². The van der Waals surface area contributed by atoms with Crippen LogP contribution in [0.15, 0.2) is 82.2 Å². The lowest BCUT2D eigenvalue weighted by molar-refractivity contribution is -0.887. The Morgan fingerprint density at radius 1 is 0.918 bits per heavy atom. The highest BCUT2D eigenvalue weighted by Gasteiger charge is 2.48. The molecular formula is C38H48FN4O5S+. The van der Waals surface area contributed by atoms with Crippen molar-refractivity contribution in [2.75, 3.05) is 11.3 Å². The molecule has 262 valence electrons. The molecule has 11 heteroatoms. The highest BCUT2D eigenvalue weighted by Crippen LogP contribution is 2.33. The zero-order valence-electron chi connectivity index (χ0n) is 29.3. The summed E-state index contributed by atoms with van der Waals surface area (Å²) in [6, 6.07) is 19.6. The van der Waals surface area contributed by atoms with Crippen LogP contribution in [0, 0.1) is 25.6 Å². The van der Waals surface area contributed by atoms with E-state index in [1.807, 2.05) is 52.0 Å². The molecule has 0 bridgehead atoms. The molecule has 2 N–H and O–H groups in total. The van der Waals surface area contributed by atoms with E-state index in [2.05, 4.69) is 15.2 Å². The number of unbranched alkanes of at least 4 members (excludes halogenated alkanes) is 1. The highest BCUT2D eigenvalue weighted by atomic mass is 32.2. The Kier molecular flexibility index (Phi) is 12.5. The topological polar surface area (TPSA) is 118 Å². The molecule has 2 amide bonds. The molecule has 3 aromatic carbocycles. The Bertz CT molecular complexity index is 1840. The van der Waals surface area contributed by atoms with Crippen molar-refractivity contribution in [2.24, 2.45) is 5.92 Å². The number of sulfonamides is 1. The number of nitrogens with one attached hydrogen (secondary N) is 2. The summed E-state index contributed by atoms with van der Waals surface area (Å²) >= 11 is 0. The average molecular weight is 692 g/mol. The third-order valence-electron chi connectivity index (χ3n) is 8.97. The van der Waals surface area contributed by atoms with Crippen LogP contribution in [0.4, 0.5) is 10.3 Å². The predicted molar refractivity (Wildman–Crippen MR) is 189 cm³/mol. The molecule has 0 saturated carbocycles. The van der Waals surface area contributed by atoms with Gasteiger partial charge in [-0.05, 0) is 56.0 Å². The Hall–Kier alpha value is -4.35. The smallest absolute Gasteiger partial charge is 0.314 e. The van der Waals surface area contributed by atoms with Crippen molar-refractivity contribution in [1.82, 2.24) is 10.5 Å². The predicted octanol–water partition coefficient (Wildman–Crippen LogP) is 7.68. The lowest BCUT2D eigenvalue weighted by Gasteiger charge is -2.43. The average Bonchev–Trinajstić information content (AvgIpc) is 3.38. The van der Waals surface area contributed by atoms with Crippen LogP contribution >= 0.6 is 0 Å². The van der Waals surface area contributed by atoms with Crippen LogP contribution in [0.1, 0.15) is 75.8 Å². The molecule has 0 aliphatic carbocycles. The summed E-state index contributed by atoms with van der Waals surface area (Å²) in [5.74, 6) is -0.644. The van der Waals surface area contributed by atoms with Gasteiger partial charge in [-0.25, -0.2) is 26.8 Å². The first-order valence-electron chi connectivity index (χ1n) is 16.9. The van der Waals surface area contributed by atoms with Crippen LogP contribution in [-0.4, -0.2) is 42.5 Å². The molecule has 49 heavy (non-hydrogen) atoms. The molecule has 2 atom stereocenters. The summed E-state index contributed by atoms with van der Waals surface area (Å²) in [7, 11) is -4.02. The lowest BCUT2D eigenvalue weighted by Crippen LogP contribution is -2.65. The maximum Gasteiger partial charge on any atom is 0.314 e. The Labute approximate surface area is 289 Å². The van der Waals surface area contributed by atoms with Gasteiger partial charge in [0.25, 0.3) is 15.9 Å². The maximum atomic E-state index is 14.3. The number of aryl methyl sites for hydroxylation is 1. The van der Waals surface area contributed by atoms with Crippen molar-refractivity contribution in [3.05, 3.63) is 101 Å². The van der Waals surface area contributed by atoms with Gasteiger partial charge in [-0.3, -0.25) is 4.79 Å². The summed E-state index contributed by atoms with van der Waals surface area (Å²) in [6.45, 7) is 12.5. The van der Waals surface area contributed by atoms with Crippen LogP contribution in [0.3, 0.4) is 0 Å². The largest absolute Gasteiger partial charge is 0.347 e. The minimum Gasteiger partial charge on any atom is -0.347 e. The van der Waals surface area contributed by atoms with E-state index in [0.29, 0.717) is 48.3 Å². The summed E-state index contributed by atoms with van der Waals surface area (Å²) in [5.41, 5.74) is 4.00. The van der Waals surface area contributed by atoms with Crippen molar-refractivity contribution in [1.29, 1.82) is 0 Å². The minimum atomic E-state index is -4.02. The Morgan fingerprint density at radius 3 is 2.16 bits per heavy atom. The number of quaternary nitrogens is 1. The molecule has 1 unspecified atom stereocenters. The number of rotatable bonds is 16. The zero-order chi connectivity index (χ0) is 35.8. The summed E-state index contributed by atoms with van der Waals surface area (Å²) in [4.78, 5) is 28.4. The van der Waals surface area contributed by atoms with E-state index in [9.17, 15) is 22.4 Å². The van der Waals surface area contributed by atoms with E-state index in [1.54, 1.807) is 44.2 Å². The van der Waals surface area contributed by atoms with Crippen molar-refractivity contribution in [2.45, 2.75) is 91.3 Å². The first-order valence-corrected chi connectivity index (χ1v) is 18.4. The Morgan fingerprint density at radius 2 is 1.57 bits per heavy atom. The van der Waals surface area contributed by atoms with Crippen LogP contribution in [-0.2, 0) is 32.7 Å². The quantitative estimate of drug-likeness (QED) is 0.116. The standard InChI is InChI=1S/C38H47FN4O5S/c1-7-9-14-35(44)43(23-8-2,36(26(3)4)37(45)40-24-29-17-21-32(39)22-18-29)25-30-15-19-31(20-16-30)33-12-10-11-13-34(33)49(46,47)42-38-27(5)28(6)41-48-38/h10-13,15-22,26,36H,7-9,14,23-25H2,1-6H3,(H-,40,41,42,45)/p+1/t36-,43?/m0/s1. The number of anilines is 1. The van der Waals surface area contributed by atoms with Gasteiger partial charge in [-0.2, -0.15) is 0 Å². The normalized spacial score (nSPS) is 13.6. The number of aromatic nitrogens is 1. The van der Waals surface area contributed by atoms with Crippen LogP contribution in [0.2, 0.25) is 0 Å². The molecule has 1 heterocycles. The molecule has 0 aliphatic rings. The third-order valence-corrected chi connectivity index (χ3v) is 10.4. The van der Waals surface area contributed by atoms with Gasteiger partial charge < -0.3 is 9.84 Å². The number of benzene rings is 3. The molecule has 0 saturated heterocycles. The van der Waals surface area contributed by atoms with E-state index < -0.39 is 16.1 Å². The Balaban J connectivity index is 1.68. The lowest BCUT2D eigenvalue weighted by atomic mass is 9.94. The van der Waals surface area contributed by atoms with E-state index in [1.165, 1.54) is 18.2 Å². The van der Waals surface area contributed by atoms with Crippen molar-refractivity contribution >= 4 is 27.7 Å². The van der Waals surface area contributed by atoms with Gasteiger partial charge in [0.2, 0.25) is 5.88 Å². The fourth-order valence-corrected chi connectivity index (χ4v) is 7.65. The summed E-state index contributed by atoms with van der Waals surface area (Å²) in [6.07, 6.45) is 2.61. The summed E-state index contributed by atoms with van der Waals surface area (Å²) < 4.78 is 48.2. The van der Waals surface area contributed by atoms with Crippen LogP contribution in [0.5, 0.6) is 0 Å². The number of hydrogen-bond acceptors (Lipinski definition) is 6. The van der Waals surface area contributed by atoms with Gasteiger partial charge in [0.1, 0.15) is 12.4 Å². The first-order chi connectivity index (χ1) is 23.3. The number of nitrogens with zero attached hydrogens (tertiary/aromatic N) is 2. The van der Waals surface area contributed by atoms with Gasteiger partial charge in [0.15, 0.2) is 6.04 Å². The van der Waals surface area contributed by atoms with E-state index in [0.717, 1.165) is 24.0 Å². The number of amides is 2. The van der Waals surface area contributed by atoms with E-state index in [-0.39, 0.29) is 45.4 Å². The molecule has 0 aliphatic heterocycles. The molecule has 4 aromatic rings. The van der Waals surface area contributed by atoms with Crippen molar-refractivity contribution in [3.8, 4) is 11.1 Å². The molecule has 9 nitrogen and oxygen atoms in total. The molecule has 0 spiro atoms. The third kappa shape index (κ3) is 8.82. The van der Waals surface area contributed by atoms with Gasteiger partial charge in [0.05, 0.1) is 23.6 Å². The molecular weight excluding hydrogens is 644 g/mol. The monoisotopic (exact) mass is 691 g/mol. The SMILES string of the molecule is CCCCC(=O)[N+](CCC)(Cc1ccc(-c2ccccc2S(=O)(=O)Nc2onc(C)c2C)cc1)[C@H](C(=O)NCc1ccc(F)cc1)C(C)C. The second-order valence-corrected chi connectivity index (χ2v) is 14.6. The maximum absolute atomic E-state index is 14.3. The van der Waals surface area contributed by atoms with E-state index in [4.69, 9.17) is 4.52 Å². The second kappa shape index (κ2) is 16.4. The molecule has 0 fully saturated rings. The summed E-state index contributed by atoms with van der Waals surface area (Å²) in [5, 5.41) is 6.88. The number of halogens is 1. The van der Waals surface area contributed by atoms with Crippen LogP contribution in [0.25, 0.3) is 11.1 Å². The van der Waals surface area contributed by atoms with E-state index >= 15 is 0 Å². The number of carbonyl (C=O) groups is 2. The van der Waals surface area contributed by atoms with Crippen LogP contribution < -0.4 is 10.0 Å². The van der Waals surface area contributed by atoms with Crippen molar-refractivity contribution < 1.29 is 31.4 Å². The number of carbonyl (C=O) groups excluding carboxylic acids is 2. The minimum absolute atomic E-state index is 0.0175.